The SMILES string of the molecule is CC(C)[C@H](NC(=O)CCOCCOCCOCCOCCOCCOCCN1C(=O)C=CC1=O)C(=O)N[C@@H](CCCNC(N)=O)C(=O)Nc1ccc(C[C@@](CN(C)C(=O)O)(c2cc3c(c4ccccc24)C(CCl)CN3C(=O)c2ccc(C(=O)N3C[C@@H](CCl)c4c3cc(O[C@@H]3O[C@H](CO)[C@H](O)[C@H](O)[C@H]3O)c3ccccc43)s2)N(C)C(=O)O)cc1. The second kappa shape index (κ2) is 42.8. The summed E-state index contributed by atoms with van der Waals surface area (Å²) in [6.45, 7) is 5.83. The number of thiophene rings is 1. The maximum Gasteiger partial charge on any atom is 0.407 e. The number of aliphatic hydroxyl groups excluding tert-OH is 4. The molecule has 5 heterocycles. The summed E-state index contributed by atoms with van der Waals surface area (Å²) in [4.78, 5) is 140. The number of carbonyl (C=O) groups excluding carboxylic acids is 8. The number of primary amides is 1. The molecule has 4 aliphatic heterocycles. The fourth-order valence-electron chi connectivity index (χ4n) is 14.7. The number of benzene rings is 5. The van der Waals surface area contributed by atoms with Crippen LogP contribution in [0.25, 0.3) is 21.5 Å². The third-order valence-corrected chi connectivity index (χ3v) is 22.6. The number of carbonyl (C=O) groups is 10. The van der Waals surface area contributed by atoms with Gasteiger partial charge in [-0.1, -0.05) is 74.5 Å². The molecule has 1 unspecified atom stereocenters. The van der Waals surface area contributed by atoms with Crippen LogP contribution in [-0.2, 0) is 69.1 Å². The number of amides is 11. The van der Waals surface area contributed by atoms with Crippen LogP contribution < -0.4 is 41.5 Å². The molecule has 0 saturated carbocycles. The van der Waals surface area contributed by atoms with E-state index in [1.54, 1.807) is 86.6 Å². The van der Waals surface area contributed by atoms with Gasteiger partial charge >= 0.3 is 18.2 Å². The molecule has 5 aromatic carbocycles. The molecular weight excluding hydrogens is 1600 g/mol. The zero-order chi connectivity index (χ0) is 84.9. The summed E-state index contributed by atoms with van der Waals surface area (Å²) in [7, 11) is 2.62. The van der Waals surface area contributed by atoms with Crippen LogP contribution in [0.4, 0.5) is 31.4 Å². The molecule has 118 heavy (non-hydrogen) atoms. The fraction of sp³-hybridized carbons (Fsp3) is 0.481. The van der Waals surface area contributed by atoms with Gasteiger partial charge in [0.25, 0.3) is 23.6 Å². The number of rotatable bonds is 44. The summed E-state index contributed by atoms with van der Waals surface area (Å²) in [6, 6.07) is 23.9. The standard InChI is InChI=1S/C81H100Cl2N10O24S/c1-47(2)69(88-64(95)23-26-110-28-30-112-32-34-114-36-37-115-35-33-113-31-29-111-27-25-91-65(96)21-22-66(91)97)74(102)87-57(14-9-24-85-78(84)105)73(101)86-51-17-15-48(16-18-51)40-81(90(4)80(108)109,46-89(3)79(106)107)56-38-58-67(54-12-7-5-10-52(54)56)49(41-82)43-92(58)75(103)62-19-20-63(118-62)76(104)93-44-50(42-83)68-55-13-8-6-11-53(55)60(39-59(68)93)116-77-72(100)71(99)70(98)61(45-94)117-77/h5-8,10-13,15-22,38-39,47,49-50,57,61,69-72,77,94,98-100H,9,14,23-37,40-46H2,1-4H3,(H,86,101)(H,87,102)(H,88,95)(H,106,107)(H,108,109)(H3,84,85,105)/t49?,50-,57+,61-,69+,70+,71+,72-,77-,81-/m1/s1. The van der Waals surface area contributed by atoms with Gasteiger partial charge < -0.3 is 110 Å². The van der Waals surface area contributed by atoms with Crippen molar-refractivity contribution < 1.29 is 116 Å². The van der Waals surface area contributed by atoms with Gasteiger partial charge in [0.15, 0.2) is 0 Å². The molecule has 0 bridgehead atoms. The van der Waals surface area contributed by atoms with Gasteiger partial charge in [-0.15, -0.1) is 34.5 Å². The van der Waals surface area contributed by atoms with Gasteiger partial charge in [-0.25, -0.2) is 14.4 Å². The first-order valence-electron chi connectivity index (χ1n) is 38.6. The molecule has 34 nitrogen and oxygen atoms in total. The third kappa shape index (κ3) is 22.2. The van der Waals surface area contributed by atoms with E-state index in [2.05, 4.69) is 21.3 Å². The molecule has 12 N–H and O–H groups in total. The van der Waals surface area contributed by atoms with Crippen LogP contribution in [0.5, 0.6) is 5.75 Å². The van der Waals surface area contributed by atoms with Crippen molar-refractivity contribution in [3.8, 4) is 5.75 Å². The van der Waals surface area contributed by atoms with Gasteiger partial charge in [-0.05, 0) is 87.5 Å². The predicted octanol–water partition coefficient (Wildman–Crippen LogP) is 5.28. The molecule has 4 aliphatic rings. The van der Waals surface area contributed by atoms with Gasteiger partial charge in [0, 0.05) is 105 Å². The van der Waals surface area contributed by atoms with Crippen LogP contribution in [0, 0.1) is 5.92 Å². The number of nitrogens with zero attached hydrogens (tertiary/aromatic N) is 5. The molecule has 1 fully saturated rings. The number of urea groups is 1. The molecule has 638 valence electrons. The van der Waals surface area contributed by atoms with E-state index in [9.17, 15) is 69.0 Å². The number of alkyl halides is 2. The summed E-state index contributed by atoms with van der Waals surface area (Å²) in [5.74, 6) is -4.63. The van der Waals surface area contributed by atoms with Crippen LogP contribution in [0.3, 0.4) is 0 Å². The maximum absolute atomic E-state index is 15.4. The molecule has 10 atom stereocenters. The lowest BCUT2D eigenvalue weighted by Crippen LogP contribution is -2.60. The molecule has 37 heteroatoms. The minimum Gasteiger partial charge on any atom is -0.465 e. The number of anilines is 3. The van der Waals surface area contributed by atoms with Gasteiger partial charge in [0.2, 0.25) is 24.0 Å². The van der Waals surface area contributed by atoms with E-state index in [-0.39, 0.29) is 136 Å². The average Bonchev–Trinajstić information content (AvgIpc) is 1.46. The number of nitrogens with one attached hydrogen (secondary N) is 4. The van der Waals surface area contributed by atoms with Gasteiger partial charge in [-0.2, -0.15) is 0 Å². The number of likely N-dealkylation sites (N-methyl/N-ethyl adjacent to an activating group) is 2. The predicted molar refractivity (Wildman–Crippen MR) is 435 cm³/mol. The van der Waals surface area contributed by atoms with E-state index in [0.29, 0.717) is 95.9 Å². The lowest BCUT2D eigenvalue weighted by atomic mass is 9.78. The van der Waals surface area contributed by atoms with E-state index >= 15 is 9.59 Å². The van der Waals surface area contributed by atoms with Crippen molar-refractivity contribution in [2.75, 3.05) is 160 Å². The number of nitrogens with two attached hydrogens (primary N) is 1. The largest absolute Gasteiger partial charge is 0.465 e. The number of ether oxygens (including phenoxy) is 8. The monoisotopic (exact) mass is 1700 g/mol. The summed E-state index contributed by atoms with van der Waals surface area (Å²) < 4.78 is 45.0. The van der Waals surface area contributed by atoms with Crippen molar-refractivity contribution in [3.05, 3.63) is 141 Å². The Balaban J connectivity index is 0.785. The highest BCUT2D eigenvalue weighted by Crippen LogP contribution is 2.50. The first-order valence-corrected chi connectivity index (χ1v) is 40.5. The second-order valence-corrected chi connectivity index (χ2v) is 30.7. The Morgan fingerprint density at radius 2 is 1.16 bits per heavy atom. The molecular formula is C81H100Cl2N10O24S. The van der Waals surface area contributed by atoms with Crippen molar-refractivity contribution >= 4 is 133 Å². The number of carboxylic acid groups (broad SMARTS) is 2. The van der Waals surface area contributed by atoms with Crippen LogP contribution >= 0.6 is 34.5 Å². The van der Waals surface area contributed by atoms with Crippen LogP contribution in [0.1, 0.15) is 86.5 Å². The lowest BCUT2D eigenvalue weighted by molar-refractivity contribution is -0.277. The first-order chi connectivity index (χ1) is 56.7. The van der Waals surface area contributed by atoms with Crippen LogP contribution in [-0.4, -0.2) is 292 Å². The fourth-order valence-corrected chi connectivity index (χ4v) is 16.1. The van der Waals surface area contributed by atoms with Crippen molar-refractivity contribution in [2.45, 2.75) is 99.7 Å². The van der Waals surface area contributed by atoms with Crippen molar-refractivity contribution in [3.63, 3.8) is 0 Å². The highest BCUT2D eigenvalue weighted by molar-refractivity contribution is 7.16. The smallest absolute Gasteiger partial charge is 0.407 e. The summed E-state index contributed by atoms with van der Waals surface area (Å²) in [5.41, 5.74) is 6.69. The van der Waals surface area contributed by atoms with Gasteiger partial charge in [0.05, 0.1) is 120 Å². The van der Waals surface area contributed by atoms with Crippen molar-refractivity contribution in [2.24, 2.45) is 11.7 Å². The third-order valence-electron chi connectivity index (χ3n) is 20.8. The number of imide groups is 1. The van der Waals surface area contributed by atoms with Crippen molar-refractivity contribution in [1.29, 1.82) is 0 Å². The highest BCUT2D eigenvalue weighted by atomic mass is 35.5. The quantitative estimate of drug-likeness (QED) is 0.0132. The number of aliphatic hydroxyl groups is 4. The van der Waals surface area contributed by atoms with E-state index < -0.39 is 121 Å². The maximum atomic E-state index is 15.4. The zero-order valence-electron chi connectivity index (χ0n) is 65.6. The Kier molecular flexibility index (Phi) is 32.9. The Morgan fingerprint density at radius 1 is 0.644 bits per heavy atom. The van der Waals surface area contributed by atoms with Crippen molar-refractivity contribution in [1.82, 2.24) is 30.7 Å². The molecule has 11 amide bonds. The lowest BCUT2D eigenvalue weighted by Gasteiger charge is -2.44. The first kappa shape index (κ1) is 90.6. The Morgan fingerprint density at radius 3 is 1.68 bits per heavy atom. The molecule has 0 spiro atoms. The molecule has 0 radical (unpaired) electrons. The summed E-state index contributed by atoms with van der Waals surface area (Å²) >= 11 is 14.4. The minimum atomic E-state index is -1.80. The molecule has 1 aromatic heterocycles. The van der Waals surface area contributed by atoms with Crippen LogP contribution in [0.15, 0.2) is 109 Å². The van der Waals surface area contributed by atoms with E-state index in [0.717, 1.165) is 31.6 Å². The zero-order valence-corrected chi connectivity index (χ0v) is 68.0. The molecule has 10 rings (SSSR count). The normalized spacial score (nSPS) is 19.2. The minimum absolute atomic E-state index is 0.00163. The Bertz CT molecular complexity index is 4560. The summed E-state index contributed by atoms with van der Waals surface area (Å²) in [5, 5.41) is 77.1. The molecule has 0 aliphatic carbocycles. The number of halogens is 2. The molecule has 6 aromatic rings. The van der Waals surface area contributed by atoms with E-state index in [1.165, 1.54) is 48.2 Å². The Labute approximate surface area is 694 Å². The number of hydrogen-bond donors (Lipinski definition) is 11. The Hall–Kier alpha value is -9.70. The van der Waals surface area contributed by atoms with Gasteiger partial charge in [0.1, 0.15) is 42.2 Å². The van der Waals surface area contributed by atoms with Gasteiger partial charge in [-0.3, -0.25) is 43.4 Å². The van der Waals surface area contributed by atoms with E-state index in [4.69, 9.17) is 66.8 Å². The number of hydrogen-bond acceptors (Lipinski definition) is 23. The van der Waals surface area contributed by atoms with E-state index in [1.807, 2.05) is 12.1 Å². The average molecular weight is 1700 g/mol. The molecule has 1 saturated heterocycles. The second-order valence-electron chi connectivity index (χ2n) is 29.0. The number of fused-ring (bicyclic) bond motifs is 6. The highest BCUT2D eigenvalue weighted by Gasteiger charge is 2.48. The summed E-state index contributed by atoms with van der Waals surface area (Å²) in [6.07, 6.45) is -8.45. The van der Waals surface area contributed by atoms with Crippen LogP contribution in [0.2, 0.25) is 0 Å². The topological polar surface area (TPSA) is 456 Å².